The molecule has 0 bridgehead atoms. The second kappa shape index (κ2) is 9.64. The molecule has 1 aromatic carbocycles. The number of rotatable bonds is 4. The third-order valence-electron chi connectivity index (χ3n) is 6.83. The number of alkyl carbamates (subject to hydrolysis) is 1. The minimum Gasteiger partial charge on any atom is -0.444 e. The zero-order chi connectivity index (χ0) is 26.3. The number of anilines is 1. The van der Waals surface area contributed by atoms with E-state index in [1.165, 1.54) is 12.1 Å². The molecule has 8 nitrogen and oxygen atoms in total. The Morgan fingerprint density at radius 2 is 1.92 bits per heavy atom. The molecule has 2 atom stereocenters. The maximum absolute atomic E-state index is 14.6. The molecule has 2 fully saturated rings. The summed E-state index contributed by atoms with van der Waals surface area (Å²) in [6, 6.07) is 6.82. The molecule has 3 aromatic rings. The number of amides is 2. The van der Waals surface area contributed by atoms with Crippen molar-refractivity contribution in [2.45, 2.75) is 57.7 Å². The Labute approximate surface area is 214 Å². The van der Waals surface area contributed by atoms with E-state index >= 15 is 0 Å². The van der Waals surface area contributed by atoms with Gasteiger partial charge in [0.1, 0.15) is 17.2 Å². The van der Waals surface area contributed by atoms with E-state index in [9.17, 15) is 18.4 Å². The van der Waals surface area contributed by atoms with Crippen molar-refractivity contribution in [2.24, 2.45) is 0 Å². The van der Waals surface area contributed by atoms with Crippen molar-refractivity contribution >= 4 is 23.2 Å². The Bertz CT molecular complexity index is 1340. The van der Waals surface area contributed by atoms with Crippen LogP contribution in [-0.2, 0) is 4.74 Å². The van der Waals surface area contributed by atoms with Gasteiger partial charge in [-0.25, -0.2) is 18.1 Å². The molecule has 37 heavy (non-hydrogen) atoms. The van der Waals surface area contributed by atoms with Gasteiger partial charge in [-0.15, -0.1) is 0 Å². The van der Waals surface area contributed by atoms with Gasteiger partial charge in [0.2, 0.25) is 0 Å². The molecule has 1 N–H and O–H groups in total. The van der Waals surface area contributed by atoms with Gasteiger partial charge >= 0.3 is 6.09 Å². The molecule has 4 heterocycles. The predicted octanol–water partition coefficient (Wildman–Crippen LogP) is 4.69. The van der Waals surface area contributed by atoms with Crippen LogP contribution in [0.25, 0.3) is 5.52 Å². The van der Waals surface area contributed by atoms with Crippen LogP contribution in [0.5, 0.6) is 0 Å². The molecule has 2 unspecified atom stereocenters. The molecule has 2 saturated heterocycles. The first kappa shape index (κ1) is 25.0. The molecular weight excluding hydrogens is 480 g/mol. The minimum absolute atomic E-state index is 0.171. The lowest BCUT2D eigenvalue weighted by Gasteiger charge is -2.27. The van der Waals surface area contributed by atoms with Crippen LogP contribution in [0.3, 0.4) is 0 Å². The molecule has 0 saturated carbocycles. The molecule has 0 radical (unpaired) electrons. The second-order valence-corrected chi connectivity index (χ2v) is 10.7. The number of likely N-dealkylation sites (tertiary alicyclic amines) is 1. The van der Waals surface area contributed by atoms with Crippen molar-refractivity contribution in [3.63, 3.8) is 0 Å². The van der Waals surface area contributed by atoms with Gasteiger partial charge in [-0.2, -0.15) is 5.10 Å². The first-order valence-electron chi connectivity index (χ1n) is 12.6. The number of nitrogens with zero attached hydrogens (tertiary/aromatic N) is 4. The lowest BCUT2D eigenvalue weighted by molar-refractivity contribution is 0.0502. The van der Waals surface area contributed by atoms with Crippen molar-refractivity contribution in [1.29, 1.82) is 0 Å². The van der Waals surface area contributed by atoms with Crippen LogP contribution in [0.4, 0.5) is 19.3 Å². The van der Waals surface area contributed by atoms with E-state index in [1.807, 2.05) is 12.1 Å². The van der Waals surface area contributed by atoms with Crippen molar-refractivity contribution in [2.75, 3.05) is 24.5 Å². The molecule has 5 rings (SSSR count). The first-order chi connectivity index (χ1) is 17.6. The summed E-state index contributed by atoms with van der Waals surface area (Å²) < 4.78 is 35.4. The number of pyridine rings is 1. The number of halogens is 2. The highest BCUT2D eigenvalue weighted by molar-refractivity contribution is 6.01. The molecule has 2 aliphatic heterocycles. The monoisotopic (exact) mass is 511 g/mol. The van der Waals surface area contributed by atoms with Gasteiger partial charge in [0.05, 0.1) is 29.4 Å². The number of hydrogen-bond acceptors (Lipinski definition) is 5. The molecule has 0 spiro atoms. The Morgan fingerprint density at radius 3 is 2.70 bits per heavy atom. The van der Waals surface area contributed by atoms with Crippen LogP contribution in [-0.4, -0.2) is 57.8 Å². The van der Waals surface area contributed by atoms with Gasteiger partial charge in [-0.1, -0.05) is 0 Å². The van der Waals surface area contributed by atoms with Crippen LogP contribution in [0, 0.1) is 11.6 Å². The second-order valence-electron chi connectivity index (χ2n) is 10.7. The zero-order valence-electron chi connectivity index (χ0n) is 21.2. The SMILES string of the molecule is CC(C)(C)OC(=O)NC1CCN(C(=O)c2cnn3ccc(N4CCCC4c4cc(F)ccc4F)cc23)C1. The maximum atomic E-state index is 14.6. The van der Waals surface area contributed by atoms with Crippen molar-refractivity contribution in [1.82, 2.24) is 19.8 Å². The third kappa shape index (κ3) is 5.23. The number of carbonyl (C=O) groups is 2. The predicted molar refractivity (Wildman–Crippen MR) is 135 cm³/mol. The number of hydrogen-bond donors (Lipinski definition) is 1. The molecular formula is C27H31F2N5O3. The van der Waals surface area contributed by atoms with Gasteiger partial charge < -0.3 is 19.9 Å². The number of carbonyl (C=O) groups excluding carboxylic acids is 2. The average Bonchev–Trinajstić information content (AvgIpc) is 3.58. The van der Waals surface area contributed by atoms with E-state index in [0.29, 0.717) is 49.1 Å². The summed E-state index contributed by atoms with van der Waals surface area (Å²) >= 11 is 0. The van der Waals surface area contributed by atoms with Crippen molar-refractivity contribution in [3.8, 4) is 0 Å². The van der Waals surface area contributed by atoms with Crippen LogP contribution < -0.4 is 10.2 Å². The first-order valence-corrected chi connectivity index (χ1v) is 12.6. The van der Waals surface area contributed by atoms with Crippen LogP contribution >= 0.6 is 0 Å². The summed E-state index contributed by atoms with van der Waals surface area (Å²) in [5, 5.41) is 7.18. The summed E-state index contributed by atoms with van der Waals surface area (Å²) in [4.78, 5) is 29.3. The fourth-order valence-corrected chi connectivity index (χ4v) is 5.19. The molecule has 2 amide bonds. The van der Waals surface area contributed by atoms with E-state index in [0.717, 1.165) is 18.2 Å². The highest BCUT2D eigenvalue weighted by Crippen LogP contribution is 2.38. The smallest absolute Gasteiger partial charge is 0.407 e. The lowest BCUT2D eigenvalue weighted by Crippen LogP contribution is -2.41. The zero-order valence-corrected chi connectivity index (χ0v) is 21.2. The Morgan fingerprint density at radius 1 is 1.11 bits per heavy atom. The van der Waals surface area contributed by atoms with E-state index in [-0.39, 0.29) is 18.0 Å². The number of ether oxygens (including phenoxy) is 1. The molecule has 10 heteroatoms. The average molecular weight is 512 g/mol. The van der Waals surface area contributed by atoms with E-state index in [2.05, 4.69) is 15.3 Å². The maximum Gasteiger partial charge on any atom is 0.407 e. The molecule has 2 aromatic heterocycles. The molecule has 2 aliphatic rings. The highest BCUT2D eigenvalue weighted by atomic mass is 19.1. The summed E-state index contributed by atoms with van der Waals surface area (Å²) in [7, 11) is 0. The van der Waals surface area contributed by atoms with Gasteiger partial charge in [-0.3, -0.25) is 4.79 Å². The van der Waals surface area contributed by atoms with Crippen LogP contribution in [0.2, 0.25) is 0 Å². The standard InChI is InChI=1S/C27H31F2N5O3/c1-27(2,3)37-26(36)31-18-8-11-32(16-18)25(35)21-15-30-34-12-9-19(14-24(21)34)33-10-4-5-23(33)20-13-17(28)6-7-22(20)29/h6-7,9,12-15,18,23H,4-5,8,10-11,16H2,1-3H3,(H,31,36). The quantitative estimate of drug-likeness (QED) is 0.550. The van der Waals surface area contributed by atoms with Crippen LogP contribution in [0.15, 0.2) is 42.7 Å². The Balaban J connectivity index is 1.34. The fourth-order valence-electron chi connectivity index (χ4n) is 5.19. The fraction of sp³-hybridized carbons (Fsp3) is 0.444. The number of benzene rings is 1. The lowest BCUT2D eigenvalue weighted by atomic mass is 10.0. The van der Waals surface area contributed by atoms with Gasteiger partial charge in [0, 0.05) is 37.1 Å². The van der Waals surface area contributed by atoms with Crippen molar-refractivity contribution < 1.29 is 23.1 Å². The summed E-state index contributed by atoms with van der Waals surface area (Å²) in [6.45, 7) is 6.98. The van der Waals surface area contributed by atoms with Gasteiger partial charge in [-0.05, 0) is 70.4 Å². The largest absolute Gasteiger partial charge is 0.444 e. The molecule has 196 valence electrons. The Kier molecular flexibility index (Phi) is 6.51. The summed E-state index contributed by atoms with van der Waals surface area (Å²) in [5.74, 6) is -1.06. The van der Waals surface area contributed by atoms with Gasteiger partial charge in [0.25, 0.3) is 5.91 Å². The Hall–Kier alpha value is -3.69. The van der Waals surface area contributed by atoms with E-state index in [4.69, 9.17) is 4.74 Å². The van der Waals surface area contributed by atoms with Gasteiger partial charge in [0.15, 0.2) is 0 Å². The van der Waals surface area contributed by atoms with E-state index < -0.39 is 23.3 Å². The number of fused-ring (bicyclic) bond motifs is 1. The van der Waals surface area contributed by atoms with Crippen LogP contribution in [0.1, 0.15) is 62.0 Å². The number of nitrogens with one attached hydrogen (secondary N) is 1. The third-order valence-corrected chi connectivity index (χ3v) is 6.83. The minimum atomic E-state index is -0.595. The molecule has 0 aliphatic carbocycles. The highest BCUT2D eigenvalue weighted by Gasteiger charge is 2.32. The van der Waals surface area contributed by atoms with E-state index in [1.54, 1.807) is 42.6 Å². The number of aromatic nitrogens is 2. The normalized spacial score (nSPS) is 20.0. The van der Waals surface area contributed by atoms with Crippen molar-refractivity contribution in [3.05, 3.63) is 65.5 Å². The topological polar surface area (TPSA) is 79.2 Å². The summed E-state index contributed by atoms with van der Waals surface area (Å²) in [5.41, 5.74) is 1.65. The summed E-state index contributed by atoms with van der Waals surface area (Å²) in [6.07, 6.45) is 5.00.